The van der Waals surface area contributed by atoms with Gasteiger partial charge in [-0.1, -0.05) is 20.8 Å². The molecule has 0 aliphatic carbocycles. The average molecular weight is 261 g/mol. The molecular weight excluding hydrogens is 238 g/mol. The van der Waals surface area contributed by atoms with E-state index in [0.29, 0.717) is 6.42 Å². The van der Waals surface area contributed by atoms with Crippen LogP contribution in [0.15, 0.2) is 0 Å². The molecule has 2 unspecified atom stereocenters. The van der Waals surface area contributed by atoms with E-state index in [4.69, 9.17) is 5.11 Å². The number of carbonyl (C=O) groups excluding carboxylic acids is 1. The normalized spacial score (nSPS) is 14.4. The number of carboxylic acids is 1. The molecule has 0 aromatic carbocycles. The van der Waals surface area contributed by atoms with Gasteiger partial charge in [-0.25, -0.2) is 0 Å². The number of carbonyl (C=O) groups is 2. The molecule has 5 heteroatoms. The van der Waals surface area contributed by atoms with Gasteiger partial charge in [0.05, 0.1) is 5.25 Å². The Hall–Kier alpha value is -0.710. The van der Waals surface area contributed by atoms with Crippen LogP contribution in [0.2, 0.25) is 0 Å². The molecule has 0 aliphatic heterocycles. The number of thioether (sulfide) groups is 1. The Bertz CT molecular complexity index is 254. The average Bonchev–Trinajstić information content (AvgIpc) is 2.31. The van der Waals surface area contributed by atoms with Crippen molar-refractivity contribution in [2.45, 2.75) is 63.5 Å². The number of carboxylic acid groups (broad SMARTS) is 1. The Morgan fingerprint density at radius 1 is 1.18 bits per heavy atom. The highest BCUT2D eigenvalue weighted by Gasteiger charge is 2.24. The van der Waals surface area contributed by atoms with Gasteiger partial charge < -0.3 is 10.4 Å². The summed E-state index contributed by atoms with van der Waals surface area (Å²) in [5.41, 5.74) is 0. The third-order valence-electron chi connectivity index (χ3n) is 2.72. The monoisotopic (exact) mass is 261 g/mol. The quantitative estimate of drug-likeness (QED) is 0.703. The number of nitrogens with one attached hydrogen (secondary N) is 1. The fourth-order valence-electron chi connectivity index (χ4n) is 1.45. The summed E-state index contributed by atoms with van der Waals surface area (Å²) >= 11 is 1.21. The third kappa shape index (κ3) is 5.96. The molecule has 0 saturated carbocycles. The SMILES string of the molecule is CCC(CC)NC(=O)C(C)SC(CC)C(=O)O. The highest BCUT2D eigenvalue weighted by molar-refractivity contribution is 8.01. The summed E-state index contributed by atoms with van der Waals surface area (Å²) in [5.74, 6) is -0.914. The number of hydrogen-bond donors (Lipinski definition) is 2. The van der Waals surface area contributed by atoms with Gasteiger partial charge in [-0.2, -0.15) is 0 Å². The zero-order chi connectivity index (χ0) is 13.4. The van der Waals surface area contributed by atoms with Crippen molar-refractivity contribution in [1.82, 2.24) is 5.32 Å². The van der Waals surface area contributed by atoms with Crippen LogP contribution in [0, 0.1) is 0 Å². The lowest BCUT2D eigenvalue weighted by molar-refractivity contribution is -0.136. The highest BCUT2D eigenvalue weighted by atomic mass is 32.2. The van der Waals surface area contributed by atoms with Crippen molar-refractivity contribution < 1.29 is 14.7 Å². The first-order chi connectivity index (χ1) is 7.96. The minimum Gasteiger partial charge on any atom is -0.480 e. The van der Waals surface area contributed by atoms with E-state index in [2.05, 4.69) is 5.32 Å². The van der Waals surface area contributed by atoms with Crippen molar-refractivity contribution in [1.29, 1.82) is 0 Å². The second-order valence-electron chi connectivity index (χ2n) is 4.04. The summed E-state index contributed by atoms with van der Waals surface area (Å²) < 4.78 is 0. The first-order valence-electron chi connectivity index (χ1n) is 6.14. The van der Waals surface area contributed by atoms with Crippen molar-refractivity contribution >= 4 is 23.6 Å². The molecule has 100 valence electrons. The van der Waals surface area contributed by atoms with E-state index < -0.39 is 11.2 Å². The van der Waals surface area contributed by atoms with E-state index in [1.54, 1.807) is 6.92 Å². The smallest absolute Gasteiger partial charge is 0.316 e. The van der Waals surface area contributed by atoms with Crippen LogP contribution in [0.4, 0.5) is 0 Å². The molecule has 17 heavy (non-hydrogen) atoms. The minimum absolute atomic E-state index is 0.0663. The molecule has 0 aromatic heterocycles. The molecule has 2 atom stereocenters. The molecule has 1 amide bonds. The van der Waals surface area contributed by atoms with Crippen LogP contribution in [0.3, 0.4) is 0 Å². The van der Waals surface area contributed by atoms with Crippen LogP contribution < -0.4 is 5.32 Å². The number of aliphatic carboxylic acids is 1. The first-order valence-corrected chi connectivity index (χ1v) is 7.09. The molecular formula is C12H23NO3S. The van der Waals surface area contributed by atoms with E-state index in [0.717, 1.165) is 12.8 Å². The van der Waals surface area contributed by atoms with Gasteiger partial charge in [0.25, 0.3) is 0 Å². The number of rotatable bonds is 8. The Morgan fingerprint density at radius 2 is 1.71 bits per heavy atom. The van der Waals surface area contributed by atoms with E-state index in [1.807, 2.05) is 20.8 Å². The van der Waals surface area contributed by atoms with Crippen LogP contribution in [0.5, 0.6) is 0 Å². The maximum absolute atomic E-state index is 11.8. The summed E-state index contributed by atoms with van der Waals surface area (Å²) in [6, 6.07) is 0.190. The molecule has 0 rings (SSSR count). The molecule has 0 radical (unpaired) electrons. The minimum atomic E-state index is -0.848. The highest BCUT2D eigenvalue weighted by Crippen LogP contribution is 2.21. The summed E-state index contributed by atoms with van der Waals surface area (Å²) in [7, 11) is 0. The lowest BCUT2D eigenvalue weighted by Gasteiger charge is -2.20. The summed E-state index contributed by atoms with van der Waals surface area (Å²) in [6.45, 7) is 7.63. The van der Waals surface area contributed by atoms with E-state index in [1.165, 1.54) is 11.8 Å². The maximum Gasteiger partial charge on any atom is 0.316 e. The van der Waals surface area contributed by atoms with Crippen LogP contribution >= 0.6 is 11.8 Å². The predicted molar refractivity (Wildman–Crippen MR) is 71.3 cm³/mol. The van der Waals surface area contributed by atoms with Crippen LogP contribution in [0.25, 0.3) is 0 Å². The molecule has 0 spiro atoms. The zero-order valence-corrected chi connectivity index (χ0v) is 11.8. The van der Waals surface area contributed by atoms with Gasteiger partial charge >= 0.3 is 5.97 Å². The Balaban J connectivity index is 4.25. The van der Waals surface area contributed by atoms with Crippen LogP contribution in [0.1, 0.15) is 47.0 Å². The molecule has 0 saturated heterocycles. The number of hydrogen-bond acceptors (Lipinski definition) is 3. The van der Waals surface area contributed by atoms with E-state index in [9.17, 15) is 9.59 Å². The van der Waals surface area contributed by atoms with Gasteiger partial charge in [-0.05, 0) is 26.2 Å². The van der Waals surface area contributed by atoms with Crippen molar-refractivity contribution in [2.75, 3.05) is 0 Å². The fraction of sp³-hybridized carbons (Fsp3) is 0.833. The van der Waals surface area contributed by atoms with Crippen molar-refractivity contribution in [3.8, 4) is 0 Å². The maximum atomic E-state index is 11.8. The molecule has 2 N–H and O–H groups in total. The van der Waals surface area contributed by atoms with Crippen molar-refractivity contribution in [3.05, 3.63) is 0 Å². The summed E-state index contributed by atoms with van der Waals surface area (Å²) in [4.78, 5) is 22.7. The molecule has 0 aliphatic rings. The third-order valence-corrected chi connectivity index (χ3v) is 4.20. The van der Waals surface area contributed by atoms with Gasteiger partial charge in [0.2, 0.25) is 5.91 Å². The Labute approximate surface area is 108 Å². The molecule has 0 bridgehead atoms. The topological polar surface area (TPSA) is 66.4 Å². The first kappa shape index (κ1) is 16.3. The summed E-state index contributed by atoms with van der Waals surface area (Å²) in [5, 5.41) is 11.0. The van der Waals surface area contributed by atoms with Crippen molar-refractivity contribution in [3.63, 3.8) is 0 Å². The predicted octanol–water partition coefficient (Wildman–Crippen LogP) is 2.28. The fourth-order valence-corrected chi connectivity index (χ4v) is 2.44. The van der Waals surface area contributed by atoms with Gasteiger partial charge in [0, 0.05) is 6.04 Å². The largest absolute Gasteiger partial charge is 0.480 e. The number of amides is 1. The van der Waals surface area contributed by atoms with Gasteiger partial charge in [0.1, 0.15) is 5.25 Å². The van der Waals surface area contributed by atoms with Gasteiger partial charge in [0.15, 0.2) is 0 Å². The summed E-state index contributed by atoms with van der Waals surface area (Å²) in [6.07, 6.45) is 2.33. The Morgan fingerprint density at radius 3 is 2.06 bits per heavy atom. The van der Waals surface area contributed by atoms with E-state index in [-0.39, 0.29) is 17.2 Å². The Kier molecular flexibility index (Phi) is 8.04. The zero-order valence-electron chi connectivity index (χ0n) is 11.0. The second kappa shape index (κ2) is 8.39. The lowest BCUT2D eigenvalue weighted by Crippen LogP contribution is -2.39. The molecule has 0 aromatic rings. The van der Waals surface area contributed by atoms with Crippen molar-refractivity contribution in [2.24, 2.45) is 0 Å². The van der Waals surface area contributed by atoms with E-state index >= 15 is 0 Å². The molecule has 4 nitrogen and oxygen atoms in total. The molecule has 0 heterocycles. The van der Waals surface area contributed by atoms with Crippen LogP contribution in [-0.4, -0.2) is 33.5 Å². The lowest BCUT2D eigenvalue weighted by atomic mass is 10.2. The second-order valence-corrected chi connectivity index (χ2v) is 5.58. The molecule has 0 fully saturated rings. The standard InChI is InChI=1S/C12H23NO3S/c1-5-9(6-2)13-11(14)8(4)17-10(7-3)12(15)16/h8-10H,5-7H2,1-4H3,(H,13,14)(H,15,16). The van der Waals surface area contributed by atoms with Gasteiger partial charge in [-0.3, -0.25) is 9.59 Å². The van der Waals surface area contributed by atoms with Gasteiger partial charge in [-0.15, -0.1) is 11.8 Å². The van der Waals surface area contributed by atoms with Crippen LogP contribution in [-0.2, 0) is 9.59 Å².